The Balaban J connectivity index is 2.09. The van der Waals surface area contributed by atoms with E-state index >= 15 is 0 Å². The van der Waals surface area contributed by atoms with Gasteiger partial charge in [-0.1, -0.05) is 12.6 Å². The van der Waals surface area contributed by atoms with Crippen molar-refractivity contribution in [3.8, 4) is 5.75 Å². The minimum absolute atomic E-state index is 0.189. The summed E-state index contributed by atoms with van der Waals surface area (Å²) in [7, 11) is 0. The standard InChI is InChI=1S/C21H24F2N2O6S/c1-13(24-30-12-20(26)31-21(2,3)4)14-5-7-18(25-32(27)28)15(9-14)11-29-19-8-6-16(22)10-17(19)23/h5-10,24-25H,1,11-12H2,2-4H3,(H,27,28). The smallest absolute Gasteiger partial charge is 0.335 e. The Hall–Kier alpha value is -3.02. The summed E-state index contributed by atoms with van der Waals surface area (Å²) in [6, 6.07) is 7.48. The molecular formula is C21H24F2N2O6S. The van der Waals surface area contributed by atoms with E-state index in [1.807, 2.05) is 0 Å². The Morgan fingerprint density at radius 1 is 1.19 bits per heavy atom. The molecule has 0 fully saturated rings. The lowest BCUT2D eigenvalue weighted by molar-refractivity contribution is -0.161. The third kappa shape index (κ3) is 8.25. The molecule has 3 N–H and O–H groups in total. The number of esters is 1. The van der Waals surface area contributed by atoms with Gasteiger partial charge < -0.3 is 9.47 Å². The first kappa shape index (κ1) is 25.2. The summed E-state index contributed by atoms with van der Waals surface area (Å²) in [5.74, 6) is -2.39. The first-order valence-corrected chi connectivity index (χ1v) is 10.4. The fourth-order valence-corrected chi connectivity index (χ4v) is 2.84. The van der Waals surface area contributed by atoms with Crippen molar-refractivity contribution < 1.29 is 36.6 Å². The van der Waals surface area contributed by atoms with Gasteiger partial charge in [-0.2, -0.15) is 0 Å². The summed E-state index contributed by atoms with van der Waals surface area (Å²) in [6.07, 6.45) is 0. The van der Waals surface area contributed by atoms with Crippen LogP contribution in [0.3, 0.4) is 0 Å². The average Bonchev–Trinajstić information content (AvgIpc) is 2.66. The Morgan fingerprint density at radius 2 is 1.91 bits per heavy atom. The van der Waals surface area contributed by atoms with Crippen LogP contribution >= 0.6 is 0 Å². The number of halogens is 2. The number of hydroxylamine groups is 1. The third-order valence-corrected chi connectivity index (χ3v) is 4.13. The molecule has 174 valence electrons. The minimum Gasteiger partial charge on any atom is -0.486 e. The number of hydrogen-bond donors (Lipinski definition) is 3. The maximum absolute atomic E-state index is 13.8. The van der Waals surface area contributed by atoms with Crippen LogP contribution in [0.5, 0.6) is 5.75 Å². The molecule has 0 aliphatic rings. The van der Waals surface area contributed by atoms with Gasteiger partial charge in [0.15, 0.2) is 18.2 Å². The van der Waals surface area contributed by atoms with Crippen LogP contribution < -0.4 is 14.9 Å². The normalized spacial score (nSPS) is 12.1. The summed E-state index contributed by atoms with van der Waals surface area (Å²) in [5.41, 5.74) is 3.28. The molecule has 2 aromatic rings. The van der Waals surface area contributed by atoms with Crippen LogP contribution in [0.25, 0.3) is 5.70 Å². The molecule has 32 heavy (non-hydrogen) atoms. The molecule has 0 bridgehead atoms. The maximum atomic E-state index is 13.8. The van der Waals surface area contributed by atoms with Gasteiger partial charge in [0.05, 0.1) is 11.4 Å². The molecule has 0 aromatic heterocycles. The zero-order chi connectivity index (χ0) is 23.9. The molecule has 0 spiro atoms. The van der Waals surface area contributed by atoms with Crippen LogP contribution in [0, 0.1) is 11.6 Å². The average molecular weight is 470 g/mol. The number of anilines is 1. The molecule has 8 nitrogen and oxygen atoms in total. The van der Waals surface area contributed by atoms with E-state index in [0.29, 0.717) is 17.2 Å². The van der Waals surface area contributed by atoms with Gasteiger partial charge in [0, 0.05) is 11.6 Å². The second-order valence-corrected chi connectivity index (χ2v) is 8.24. The van der Waals surface area contributed by atoms with E-state index in [-0.39, 0.29) is 30.3 Å². The van der Waals surface area contributed by atoms with E-state index in [2.05, 4.69) is 16.8 Å². The Kier molecular flexibility index (Phi) is 8.70. The number of carbonyl (C=O) groups excluding carboxylic acids is 1. The van der Waals surface area contributed by atoms with Crippen molar-refractivity contribution in [3.05, 3.63) is 65.7 Å². The first-order chi connectivity index (χ1) is 14.9. The van der Waals surface area contributed by atoms with E-state index in [0.717, 1.165) is 12.1 Å². The van der Waals surface area contributed by atoms with Crippen LogP contribution in [0.1, 0.15) is 31.9 Å². The van der Waals surface area contributed by atoms with E-state index in [1.54, 1.807) is 32.9 Å². The molecule has 11 heteroatoms. The minimum atomic E-state index is -2.36. The monoisotopic (exact) mass is 470 g/mol. The van der Waals surface area contributed by atoms with E-state index in [1.165, 1.54) is 6.07 Å². The number of nitrogens with one attached hydrogen (secondary N) is 2. The van der Waals surface area contributed by atoms with Crippen molar-refractivity contribution in [2.24, 2.45) is 0 Å². The number of hydrogen-bond acceptors (Lipinski definition) is 6. The Bertz CT molecular complexity index is 1010. The summed E-state index contributed by atoms with van der Waals surface area (Å²) >= 11 is -2.36. The highest BCUT2D eigenvalue weighted by Crippen LogP contribution is 2.25. The topological polar surface area (TPSA) is 106 Å². The lowest BCUT2D eigenvalue weighted by Crippen LogP contribution is -2.28. The Morgan fingerprint density at radius 3 is 2.53 bits per heavy atom. The number of carbonyl (C=O) groups is 1. The van der Waals surface area contributed by atoms with E-state index in [9.17, 15) is 17.8 Å². The maximum Gasteiger partial charge on any atom is 0.335 e. The van der Waals surface area contributed by atoms with Crippen molar-refractivity contribution in [1.29, 1.82) is 0 Å². The lowest BCUT2D eigenvalue weighted by Gasteiger charge is -2.19. The highest BCUT2D eigenvalue weighted by molar-refractivity contribution is 7.80. The largest absolute Gasteiger partial charge is 0.486 e. The van der Waals surface area contributed by atoms with Gasteiger partial charge in [-0.3, -0.25) is 19.6 Å². The van der Waals surface area contributed by atoms with Crippen LogP contribution in [0.2, 0.25) is 0 Å². The molecule has 0 amide bonds. The molecule has 1 atom stereocenters. The summed E-state index contributed by atoms with van der Waals surface area (Å²) < 4.78 is 60.1. The van der Waals surface area contributed by atoms with Crippen molar-refractivity contribution in [3.63, 3.8) is 0 Å². The zero-order valence-electron chi connectivity index (χ0n) is 17.7. The van der Waals surface area contributed by atoms with Crippen molar-refractivity contribution in [1.82, 2.24) is 5.48 Å². The molecule has 0 aliphatic heterocycles. The van der Waals surface area contributed by atoms with Gasteiger partial charge in [-0.05, 0) is 50.6 Å². The molecule has 1 unspecified atom stereocenters. The number of rotatable bonds is 10. The highest BCUT2D eigenvalue weighted by Gasteiger charge is 2.16. The van der Waals surface area contributed by atoms with Gasteiger partial charge in [0.2, 0.25) is 0 Å². The predicted octanol–water partition coefficient (Wildman–Crippen LogP) is 3.93. The molecule has 2 rings (SSSR count). The van der Waals surface area contributed by atoms with Gasteiger partial charge in [-0.25, -0.2) is 17.8 Å². The first-order valence-electron chi connectivity index (χ1n) is 9.32. The van der Waals surface area contributed by atoms with Crippen molar-refractivity contribution in [2.75, 3.05) is 11.3 Å². The van der Waals surface area contributed by atoms with Crippen LogP contribution in [0.4, 0.5) is 14.5 Å². The van der Waals surface area contributed by atoms with Gasteiger partial charge in [0.1, 0.15) is 18.0 Å². The zero-order valence-corrected chi connectivity index (χ0v) is 18.6. The Labute approximate surface area is 186 Å². The van der Waals surface area contributed by atoms with E-state index in [4.69, 9.17) is 18.9 Å². The SMILES string of the molecule is C=C(NOCC(=O)OC(C)(C)C)c1ccc(NS(=O)O)c(COc2ccc(F)cc2F)c1. The molecule has 0 aliphatic carbocycles. The molecule has 0 heterocycles. The summed E-state index contributed by atoms with van der Waals surface area (Å²) in [5, 5.41) is 0. The molecule has 2 aromatic carbocycles. The van der Waals surface area contributed by atoms with Crippen molar-refractivity contribution >= 4 is 28.6 Å². The lowest BCUT2D eigenvalue weighted by atomic mass is 10.1. The number of benzene rings is 2. The van der Waals surface area contributed by atoms with Crippen LogP contribution in [-0.2, 0) is 32.2 Å². The number of ether oxygens (including phenoxy) is 2. The molecule has 0 saturated heterocycles. The fraction of sp³-hybridized carbons (Fsp3) is 0.286. The predicted molar refractivity (Wildman–Crippen MR) is 115 cm³/mol. The summed E-state index contributed by atoms with van der Waals surface area (Å²) in [4.78, 5) is 16.8. The quantitative estimate of drug-likeness (QED) is 0.274. The molecule has 0 saturated carbocycles. The van der Waals surface area contributed by atoms with Gasteiger partial charge >= 0.3 is 5.97 Å². The van der Waals surface area contributed by atoms with Gasteiger partial charge in [-0.15, -0.1) is 0 Å². The third-order valence-electron chi connectivity index (χ3n) is 3.73. The van der Waals surface area contributed by atoms with Crippen LogP contribution in [0.15, 0.2) is 43.0 Å². The second-order valence-electron chi connectivity index (χ2n) is 7.54. The second kappa shape index (κ2) is 11.0. The summed E-state index contributed by atoms with van der Waals surface area (Å²) in [6.45, 7) is 8.43. The molecule has 0 radical (unpaired) electrons. The van der Waals surface area contributed by atoms with E-state index < -0.39 is 34.5 Å². The highest BCUT2D eigenvalue weighted by atomic mass is 32.2. The fourth-order valence-electron chi connectivity index (χ4n) is 2.45. The van der Waals surface area contributed by atoms with Gasteiger partial charge in [0.25, 0.3) is 11.3 Å². The van der Waals surface area contributed by atoms with Crippen molar-refractivity contribution in [2.45, 2.75) is 33.0 Å². The molecular weight excluding hydrogens is 446 g/mol. The van der Waals surface area contributed by atoms with Crippen LogP contribution in [-0.4, -0.2) is 26.9 Å².